The zero-order valence-electron chi connectivity index (χ0n) is 10.5. The number of rotatable bonds is 3. The highest BCUT2D eigenvalue weighted by Crippen LogP contribution is 2.20. The minimum absolute atomic E-state index is 0.0706. The first-order valence-electron chi connectivity index (χ1n) is 5.76. The van der Waals surface area contributed by atoms with E-state index in [-0.39, 0.29) is 5.91 Å². The van der Waals surface area contributed by atoms with Crippen LogP contribution >= 0.6 is 11.3 Å². The summed E-state index contributed by atoms with van der Waals surface area (Å²) in [4.78, 5) is 14.3. The fourth-order valence-corrected chi connectivity index (χ4v) is 2.63. The van der Waals surface area contributed by atoms with E-state index in [1.54, 1.807) is 35.6 Å². The molecule has 0 aliphatic rings. The summed E-state index contributed by atoms with van der Waals surface area (Å²) in [6, 6.07) is 9.04. The number of benzene rings is 1. The van der Waals surface area contributed by atoms with Crippen LogP contribution in [0.2, 0.25) is 0 Å². The molecule has 0 aliphatic carbocycles. The molecule has 0 fully saturated rings. The van der Waals surface area contributed by atoms with Gasteiger partial charge in [0.2, 0.25) is 0 Å². The number of carbonyl (C=O) groups excluding carboxylic acids is 1. The van der Waals surface area contributed by atoms with Crippen LogP contribution in [0, 0.1) is 13.8 Å². The third-order valence-corrected chi connectivity index (χ3v) is 3.97. The highest BCUT2D eigenvalue weighted by atomic mass is 32.1. The summed E-state index contributed by atoms with van der Waals surface area (Å²) in [6.07, 6.45) is 0. The maximum absolute atomic E-state index is 11.9. The van der Waals surface area contributed by atoms with Crippen LogP contribution in [0.5, 0.6) is 0 Å². The molecule has 0 unspecified atom stereocenters. The lowest BCUT2D eigenvalue weighted by atomic mass is 10.2. The topological polar surface area (TPSA) is 55.1 Å². The zero-order chi connectivity index (χ0) is 13.1. The van der Waals surface area contributed by atoms with Crippen molar-refractivity contribution in [2.75, 3.05) is 5.73 Å². The van der Waals surface area contributed by atoms with E-state index in [1.807, 2.05) is 0 Å². The average molecular weight is 260 g/mol. The normalized spacial score (nSPS) is 10.3. The summed E-state index contributed by atoms with van der Waals surface area (Å²) in [7, 11) is 0. The molecule has 0 radical (unpaired) electrons. The van der Waals surface area contributed by atoms with Gasteiger partial charge in [-0.25, -0.2) is 0 Å². The molecule has 94 valence electrons. The molecule has 3 nitrogen and oxygen atoms in total. The Morgan fingerprint density at radius 3 is 2.50 bits per heavy atom. The standard InChI is InChI=1S/C14H16N2OS/c1-9-7-13(18-10(9)2)8-16-14(17)11-3-5-12(15)6-4-11/h3-7H,8,15H2,1-2H3,(H,16,17). The van der Waals surface area contributed by atoms with Gasteiger partial charge in [-0.15, -0.1) is 11.3 Å². The Morgan fingerprint density at radius 2 is 1.94 bits per heavy atom. The molecule has 2 rings (SSSR count). The van der Waals surface area contributed by atoms with Gasteiger partial charge in [0, 0.05) is 21.0 Å². The van der Waals surface area contributed by atoms with Crippen molar-refractivity contribution in [1.29, 1.82) is 0 Å². The molecule has 2 aromatic rings. The second kappa shape index (κ2) is 5.23. The molecule has 1 heterocycles. The van der Waals surface area contributed by atoms with Gasteiger partial charge in [-0.3, -0.25) is 4.79 Å². The molecule has 0 aliphatic heterocycles. The van der Waals surface area contributed by atoms with Crippen LogP contribution in [0.4, 0.5) is 5.69 Å². The molecule has 0 spiro atoms. The third-order valence-electron chi connectivity index (χ3n) is 2.81. The highest BCUT2D eigenvalue weighted by Gasteiger charge is 2.06. The Kier molecular flexibility index (Phi) is 3.67. The number of nitrogens with two attached hydrogens (primary N) is 1. The van der Waals surface area contributed by atoms with Gasteiger partial charge in [-0.2, -0.15) is 0 Å². The molecule has 1 aromatic carbocycles. The third kappa shape index (κ3) is 2.90. The predicted molar refractivity (Wildman–Crippen MR) is 75.8 cm³/mol. The number of amides is 1. The summed E-state index contributed by atoms with van der Waals surface area (Å²) in [5.41, 5.74) is 8.15. The summed E-state index contributed by atoms with van der Waals surface area (Å²) in [5, 5.41) is 2.91. The minimum Gasteiger partial charge on any atom is -0.399 e. The van der Waals surface area contributed by atoms with Crippen molar-refractivity contribution in [3.05, 3.63) is 51.2 Å². The van der Waals surface area contributed by atoms with Crippen molar-refractivity contribution < 1.29 is 4.79 Å². The molecule has 0 saturated carbocycles. The Morgan fingerprint density at radius 1 is 1.28 bits per heavy atom. The van der Waals surface area contributed by atoms with Gasteiger partial charge in [-0.1, -0.05) is 0 Å². The van der Waals surface area contributed by atoms with Crippen LogP contribution in [-0.4, -0.2) is 5.91 Å². The van der Waals surface area contributed by atoms with Crippen LogP contribution in [0.25, 0.3) is 0 Å². The number of thiophene rings is 1. The first-order valence-corrected chi connectivity index (χ1v) is 6.57. The second-order valence-corrected chi connectivity index (χ2v) is 5.60. The average Bonchev–Trinajstić information content (AvgIpc) is 2.67. The van der Waals surface area contributed by atoms with Crippen molar-refractivity contribution >= 4 is 22.9 Å². The maximum Gasteiger partial charge on any atom is 0.251 e. The Balaban J connectivity index is 1.98. The van der Waals surface area contributed by atoms with E-state index in [4.69, 9.17) is 5.73 Å². The maximum atomic E-state index is 11.9. The van der Waals surface area contributed by atoms with Gasteiger partial charge in [-0.05, 0) is 49.7 Å². The predicted octanol–water partition coefficient (Wildman–Crippen LogP) is 2.88. The van der Waals surface area contributed by atoms with E-state index >= 15 is 0 Å². The van der Waals surface area contributed by atoms with Crippen LogP contribution in [0.1, 0.15) is 25.7 Å². The molecule has 1 amide bonds. The lowest BCUT2D eigenvalue weighted by Gasteiger charge is -2.03. The van der Waals surface area contributed by atoms with Crippen molar-refractivity contribution in [3.8, 4) is 0 Å². The van der Waals surface area contributed by atoms with Gasteiger partial charge in [0.15, 0.2) is 0 Å². The van der Waals surface area contributed by atoms with Gasteiger partial charge >= 0.3 is 0 Å². The van der Waals surface area contributed by atoms with Gasteiger partial charge in [0.25, 0.3) is 5.91 Å². The molecular weight excluding hydrogens is 244 g/mol. The lowest BCUT2D eigenvalue weighted by molar-refractivity contribution is 0.0951. The summed E-state index contributed by atoms with van der Waals surface area (Å²) >= 11 is 1.72. The van der Waals surface area contributed by atoms with Gasteiger partial charge in [0.1, 0.15) is 0 Å². The summed E-state index contributed by atoms with van der Waals surface area (Å²) in [6.45, 7) is 4.74. The van der Waals surface area contributed by atoms with Crippen molar-refractivity contribution in [1.82, 2.24) is 5.32 Å². The molecule has 0 bridgehead atoms. The largest absolute Gasteiger partial charge is 0.399 e. The molecule has 4 heteroatoms. The van der Waals surface area contributed by atoms with E-state index in [0.29, 0.717) is 17.8 Å². The van der Waals surface area contributed by atoms with Crippen LogP contribution in [-0.2, 0) is 6.54 Å². The van der Waals surface area contributed by atoms with E-state index in [9.17, 15) is 4.79 Å². The molecular formula is C14H16N2OS. The number of hydrogen-bond acceptors (Lipinski definition) is 3. The van der Waals surface area contributed by atoms with Gasteiger partial charge in [0.05, 0.1) is 6.54 Å². The number of carbonyl (C=O) groups is 1. The van der Waals surface area contributed by atoms with Crippen molar-refractivity contribution in [2.45, 2.75) is 20.4 Å². The fourth-order valence-electron chi connectivity index (χ4n) is 1.64. The second-order valence-electron chi connectivity index (χ2n) is 4.26. The number of aryl methyl sites for hydroxylation is 2. The SMILES string of the molecule is Cc1cc(CNC(=O)c2ccc(N)cc2)sc1C. The van der Waals surface area contributed by atoms with Crippen LogP contribution < -0.4 is 11.1 Å². The Hall–Kier alpha value is -1.81. The van der Waals surface area contributed by atoms with Crippen LogP contribution in [0.15, 0.2) is 30.3 Å². The highest BCUT2D eigenvalue weighted by molar-refractivity contribution is 7.12. The summed E-state index contributed by atoms with van der Waals surface area (Å²) in [5.74, 6) is -0.0706. The smallest absolute Gasteiger partial charge is 0.251 e. The molecule has 3 N–H and O–H groups in total. The van der Waals surface area contributed by atoms with E-state index < -0.39 is 0 Å². The minimum atomic E-state index is -0.0706. The quantitative estimate of drug-likeness (QED) is 0.834. The van der Waals surface area contributed by atoms with Crippen LogP contribution in [0.3, 0.4) is 0 Å². The monoisotopic (exact) mass is 260 g/mol. The lowest BCUT2D eigenvalue weighted by Crippen LogP contribution is -2.22. The summed E-state index contributed by atoms with van der Waals surface area (Å²) < 4.78 is 0. The first kappa shape index (κ1) is 12.6. The zero-order valence-corrected chi connectivity index (χ0v) is 11.3. The van der Waals surface area contributed by atoms with E-state index in [2.05, 4.69) is 25.2 Å². The van der Waals surface area contributed by atoms with Crippen molar-refractivity contribution in [2.24, 2.45) is 0 Å². The number of anilines is 1. The first-order chi connectivity index (χ1) is 8.56. The van der Waals surface area contributed by atoms with E-state index in [1.165, 1.54) is 15.3 Å². The van der Waals surface area contributed by atoms with Crippen molar-refractivity contribution in [3.63, 3.8) is 0 Å². The molecule has 18 heavy (non-hydrogen) atoms. The Labute approximate surface area is 111 Å². The number of hydrogen-bond donors (Lipinski definition) is 2. The molecule has 0 atom stereocenters. The van der Waals surface area contributed by atoms with E-state index in [0.717, 1.165) is 0 Å². The number of nitrogens with one attached hydrogen (secondary N) is 1. The Bertz CT molecular complexity index is 538. The molecule has 1 aromatic heterocycles. The molecule has 0 saturated heterocycles. The number of nitrogen functional groups attached to an aromatic ring is 1. The van der Waals surface area contributed by atoms with Gasteiger partial charge < -0.3 is 11.1 Å². The fraction of sp³-hybridized carbons (Fsp3) is 0.214.